The lowest BCUT2D eigenvalue weighted by Gasteiger charge is -2.28. The molecule has 2 rings (SSSR count). The highest BCUT2D eigenvalue weighted by Crippen LogP contribution is 2.36. The van der Waals surface area contributed by atoms with Gasteiger partial charge >= 0.3 is 0 Å². The number of anilines is 1. The van der Waals surface area contributed by atoms with Crippen LogP contribution in [0.1, 0.15) is 15.9 Å². The quantitative estimate of drug-likeness (QED) is 0.289. The molecule has 1 atom stereocenters. The molecule has 0 fully saturated rings. The normalized spacial score (nSPS) is 12.2. The summed E-state index contributed by atoms with van der Waals surface area (Å²) in [7, 11) is 0. The summed E-state index contributed by atoms with van der Waals surface area (Å²) in [5.74, 6) is -0.223. The number of aryl methyl sites for hydroxylation is 1. The zero-order valence-corrected chi connectivity index (χ0v) is 18.8. The van der Waals surface area contributed by atoms with Crippen LogP contribution in [-0.4, -0.2) is 19.3 Å². The molecule has 25 heavy (non-hydrogen) atoms. The zero-order valence-electron chi connectivity index (χ0n) is 13.2. The van der Waals surface area contributed by atoms with Gasteiger partial charge in [-0.1, -0.05) is 83.7 Å². The summed E-state index contributed by atoms with van der Waals surface area (Å²) in [6.45, 7) is 2.02. The van der Waals surface area contributed by atoms with E-state index in [4.69, 9.17) is 12.2 Å². The zero-order chi connectivity index (χ0) is 18.4. The van der Waals surface area contributed by atoms with Gasteiger partial charge in [0.2, 0.25) is 0 Å². The first-order chi connectivity index (χ1) is 11.8. The van der Waals surface area contributed by atoms with Gasteiger partial charge in [0, 0.05) is 11.3 Å². The lowest BCUT2D eigenvalue weighted by Crippen LogP contribution is -2.55. The van der Waals surface area contributed by atoms with Gasteiger partial charge in [0.25, 0.3) is 5.91 Å². The average molecular weight is 550 g/mol. The van der Waals surface area contributed by atoms with E-state index in [9.17, 15) is 4.79 Å². The molecule has 0 aliphatic heterocycles. The average Bonchev–Trinajstić information content (AvgIpc) is 2.56. The molecule has 4 nitrogen and oxygen atoms in total. The number of rotatable bonds is 4. The third kappa shape index (κ3) is 6.69. The molecule has 1 amide bonds. The summed E-state index contributed by atoms with van der Waals surface area (Å²) in [5.41, 5.74) is 2.59. The van der Waals surface area contributed by atoms with Crippen LogP contribution >= 0.6 is 60.0 Å². The Morgan fingerprint density at radius 2 is 1.60 bits per heavy atom. The van der Waals surface area contributed by atoms with E-state index in [0.29, 0.717) is 10.7 Å². The van der Waals surface area contributed by atoms with Gasteiger partial charge in [-0.15, -0.1) is 0 Å². The number of carbonyl (C=O) groups excluding carboxylic acids is 1. The molecule has 0 heterocycles. The number of nitrogens with one attached hydrogen (secondary N) is 3. The van der Waals surface area contributed by atoms with Crippen molar-refractivity contribution in [3.05, 3.63) is 65.7 Å². The smallest absolute Gasteiger partial charge is 0.252 e. The standard InChI is InChI=1S/C17H16Br3N3OS/c1-11-7-9-13(10-8-11)21-16(25)23-15(17(18,19)20)22-14(24)12-5-3-2-4-6-12/h2-10,15H,1H3,(H,22,24)(H2,21,23,25). The fraction of sp³-hybridized carbons (Fsp3) is 0.176. The Hall–Kier alpha value is -0.960. The predicted molar refractivity (Wildman–Crippen MR) is 118 cm³/mol. The first-order valence-electron chi connectivity index (χ1n) is 7.32. The molecule has 0 aliphatic rings. The minimum absolute atomic E-state index is 0.223. The minimum Gasteiger partial charge on any atom is -0.340 e. The number of alkyl halides is 3. The summed E-state index contributed by atoms with van der Waals surface area (Å²) in [6.07, 6.45) is -0.564. The van der Waals surface area contributed by atoms with E-state index in [1.54, 1.807) is 12.1 Å². The molecule has 0 saturated heterocycles. The Morgan fingerprint density at radius 1 is 1.00 bits per heavy atom. The van der Waals surface area contributed by atoms with Gasteiger partial charge in [0.05, 0.1) is 0 Å². The second kappa shape index (κ2) is 9.12. The van der Waals surface area contributed by atoms with Crippen molar-refractivity contribution < 1.29 is 4.79 Å². The van der Waals surface area contributed by atoms with Crippen LogP contribution < -0.4 is 16.0 Å². The highest BCUT2D eigenvalue weighted by molar-refractivity contribution is 9.39. The van der Waals surface area contributed by atoms with Crippen molar-refractivity contribution >= 4 is 76.7 Å². The molecule has 8 heteroatoms. The highest BCUT2D eigenvalue weighted by Gasteiger charge is 2.33. The van der Waals surface area contributed by atoms with Crippen LogP contribution in [0, 0.1) is 6.92 Å². The van der Waals surface area contributed by atoms with E-state index >= 15 is 0 Å². The highest BCUT2D eigenvalue weighted by atomic mass is 80.0. The molecule has 2 aromatic carbocycles. The molecular formula is C17H16Br3N3OS. The molecule has 0 saturated carbocycles. The van der Waals surface area contributed by atoms with Gasteiger partial charge in [0.15, 0.2) is 7.26 Å². The fourth-order valence-electron chi connectivity index (χ4n) is 1.94. The molecule has 0 radical (unpaired) electrons. The lowest BCUT2D eigenvalue weighted by molar-refractivity contribution is 0.0936. The number of halogens is 3. The number of amides is 1. The van der Waals surface area contributed by atoms with Crippen molar-refractivity contribution in [2.24, 2.45) is 0 Å². The molecule has 0 aliphatic carbocycles. The van der Waals surface area contributed by atoms with E-state index in [0.717, 1.165) is 11.3 Å². The van der Waals surface area contributed by atoms with E-state index in [1.807, 2.05) is 49.4 Å². The summed E-state index contributed by atoms with van der Waals surface area (Å²) < 4.78 is -0.781. The molecule has 3 N–H and O–H groups in total. The van der Waals surface area contributed by atoms with Gasteiger partial charge in [0.1, 0.15) is 6.17 Å². The molecule has 0 spiro atoms. The molecule has 1 unspecified atom stereocenters. The Balaban J connectivity index is 2.03. The van der Waals surface area contributed by atoms with Gasteiger partial charge in [-0.3, -0.25) is 4.79 Å². The minimum atomic E-state index is -0.781. The maximum Gasteiger partial charge on any atom is 0.252 e. The maximum absolute atomic E-state index is 12.4. The Kier molecular flexibility index (Phi) is 7.42. The summed E-state index contributed by atoms with van der Waals surface area (Å²) in [4.78, 5) is 12.4. The van der Waals surface area contributed by atoms with Crippen LogP contribution in [0.2, 0.25) is 0 Å². The summed E-state index contributed by atoms with van der Waals surface area (Å²) >= 11 is 15.7. The van der Waals surface area contributed by atoms with E-state index in [-0.39, 0.29) is 5.91 Å². The van der Waals surface area contributed by atoms with E-state index in [1.165, 1.54) is 0 Å². The largest absolute Gasteiger partial charge is 0.340 e. The third-order valence-electron chi connectivity index (χ3n) is 3.22. The van der Waals surface area contributed by atoms with Crippen LogP contribution in [0.3, 0.4) is 0 Å². The fourth-order valence-corrected chi connectivity index (χ4v) is 2.86. The van der Waals surface area contributed by atoms with Crippen molar-refractivity contribution in [1.29, 1.82) is 0 Å². The third-order valence-corrected chi connectivity index (χ3v) is 4.82. The molecule has 0 aromatic heterocycles. The topological polar surface area (TPSA) is 53.2 Å². The first kappa shape index (κ1) is 20.4. The number of carbonyl (C=O) groups is 1. The van der Waals surface area contributed by atoms with Gasteiger partial charge in [-0.05, 0) is 43.4 Å². The summed E-state index contributed by atoms with van der Waals surface area (Å²) in [5, 5.41) is 9.42. The van der Waals surface area contributed by atoms with Crippen LogP contribution in [-0.2, 0) is 0 Å². The second-order valence-electron chi connectivity index (χ2n) is 5.28. The lowest BCUT2D eigenvalue weighted by atomic mass is 10.2. The number of hydrogen-bond acceptors (Lipinski definition) is 2. The Bertz CT molecular complexity index is 733. The number of hydrogen-bond donors (Lipinski definition) is 3. The van der Waals surface area contributed by atoms with Crippen molar-refractivity contribution in [2.45, 2.75) is 15.2 Å². The number of thiocarbonyl (C=S) groups is 1. The van der Waals surface area contributed by atoms with Crippen molar-refractivity contribution in [1.82, 2.24) is 10.6 Å². The summed E-state index contributed by atoms with van der Waals surface area (Å²) in [6, 6.07) is 16.8. The second-order valence-corrected chi connectivity index (χ2v) is 12.6. The molecule has 0 bridgehead atoms. The molecule has 2 aromatic rings. The van der Waals surface area contributed by atoms with Crippen LogP contribution in [0.25, 0.3) is 0 Å². The van der Waals surface area contributed by atoms with Crippen molar-refractivity contribution in [3.63, 3.8) is 0 Å². The van der Waals surface area contributed by atoms with E-state index < -0.39 is 8.31 Å². The van der Waals surface area contributed by atoms with E-state index in [2.05, 4.69) is 63.7 Å². The Labute approximate surface area is 177 Å². The van der Waals surface area contributed by atoms with Crippen LogP contribution in [0.4, 0.5) is 5.69 Å². The van der Waals surface area contributed by atoms with Crippen LogP contribution in [0.15, 0.2) is 54.6 Å². The van der Waals surface area contributed by atoms with Crippen molar-refractivity contribution in [2.75, 3.05) is 5.32 Å². The molecular weight excluding hydrogens is 534 g/mol. The van der Waals surface area contributed by atoms with Gasteiger partial charge in [-0.2, -0.15) is 0 Å². The number of benzene rings is 2. The SMILES string of the molecule is Cc1ccc(NC(=S)NC(NC(=O)c2ccccc2)C(Br)(Br)Br)cc1. The Morgan fingerprint density at radius 3 is 2.16 bits per heavy atom. The molecule has 132 valence electrons. The van der Waals surface area contributed by atoms with Crippen molar-refractivity contribution in [3.8, 4) is 0 Å². The van der Waals surface area contributed by atoms with Crippen LogP contribution in [0.5, 0.6) is 0 Å². The monoisotopic (exact) mass is 547 g/mol. The van der Waals surface area contributed by atoms with Gasteiger partial charge in [-0.25, -0.2) is 0 Å². The maximum atomic E-state index is 12.4. The predicted octanol–water partition coefficient (Wildman–Crippen LogP) is 4.88. The van der Waals surface area contributed by atoms with Gasteiger partial charge < -0.3 is 16.0 Å². The first-order valence-corrected chi connectivity index (χ1v) is 10.1.